The molecular formula is C19H16FN5O6S2. The Morgan fingerprint density at radius 3 is 2.85 bits per heavy atom. The molecule has 0 aliphatic carbocycles. The van der Waals surface area contributed by atoms with Crippen molar-refractivity contribution in [1.82, 2.24) is 15.2 Å². The number of carbonyl (C=O) groups excluding carboxylic acids is 2. The fourth-order valence-corrected chi connectivity index (χ4v) is 5.22. The maximum atomic E-state index is 13.3. The number of rotatable bonds is 7. The summed E-state index contributed by atoms with van der Waals surface area (Å²) in [6.45, 7) is -0.155. The number of carboxylic acids is 1. The van der Waals surface area contributed by atoms with Crippen LogP contribution in [0, 0.1) is 5.82 Å². The fourth-order valence-electron chi connectivity index (χ4n) is 3.34. The number of hydrogen-bond acceptors (Lipinski definition) is 10. The molecular weight excluding hydrogens is 477 g/mol. The average Bonchev–Trinajstić information content (AvgIpc) is 3.21. The van der Waals surface area contributed by atoms with Gasteiger partial charge in [0.1, 0.15) is 41.0 Å². The van der Waals surface area contributed by atoms with Crippen LogP contribution in [0.25, 0.3) is 0 Å². The molecule has 2 atom stereocenters. The summed E-state index contributed by atoms with van der Waals surface area (Å²) in [6.07, 6.45) is 0. The number of nitrogens with zero attached hydrogens (tertiary/aromatic N) is 3. The number of carbonyl (C=O) groups is 3. The van der Waals surface area contributed by atoms with Crippen LogP contribution in [0.2, 0.25) is 0 Å². The molecule has 2 aliphatic rings. The van der Waals surface area contributed by atoms with E-state index in [0.717, 1.165) is 22.3 Å². The van der Waals surface area contributed by atoms with E-state index >= 15 is 0 Å². The molecule has 0 spiro atoms. The fraction of sp³-hybridized carbons (Fsp3) is 0.211. The average molecular weight is 493 g/mol. The largest absolute Gasteiger partial charge is 0.489 e. The van der Waals surface area contributed by atoms with Crippen LogP contribution < -0.4 is 15.8 Å². The summed E-state index contributed by atoms with van der Waals surface area (Å²) in [4.78, 5) is 42.1. The topological polar surface area (TPSA) is 167 Å². The molecule has 172 valence electrons. The van der Waals surface area contributed by atoms with Crippen molar-refractivity contribution in [2.24, 2.45) is 5.16 Å². The minimum Gasteiger partial charge on any atom is -0.489 e. The Bertz CT molecular complexity index is 1200. The highest BCUT2D eigenvalue weighted by Crippen LogP contribution is 2.40. The van der Waals surface area contributed by atoms with Crippen LogP contribution in [-0.2, 0) is 14.4 Å². The molecule has 1 aromatic heterocycles. The number of nitrogens with two attached hydrogens (primary N) is 1. The molecule has 2 amide bonds. The van der Waals surface area contributed by atoms with Gasteiger partial charge in [-0.2, -0.15) is 0 Å². The molecule has 0 unspecified atom stereocenters. The van der Waals surface area contributed by atoms with Crippen molar-refractivity contribution in [1.29, 1.82) is 0 Å². The minimum absolute atomic E-state index is 0.0420. The number of carboxylic acid groups (broad SMARTS) is 1. The molecule has 2 aromatic rings. The third-order valence-electron chi connectivity index (χ3n) is 4.83. The molecule has 2 aliphatic heterocycles. The van der Waals surface area contributed by atoms with E-state index in [1.54, 1.807) is 0 Å². The van der Waals surface area contributed by atoms with Crippen LogP contribution in [0.5, 0.6) is 5.75 Å². The van der Waals surface area contributed by atoms with Crippen molar-refractivity contribution in [3.63, 3.8) is 0 Å². The number of thiazole rings is 1. The summed E-state index contributed by atoms with van der Waals surface area (Å²) >= 11 is 2.27. The molecule has 0 radical (unpaired) electrons. The summed E-state index contributed by atoms with van der Waals surface area (Å²) in [5.74, 6) is -2.90. The predicted molar refractivity (Wildman–Crippen MR) is 116 cm³/mol. The highest BCUT2D eigenvalue weighted by atomic mass is 32.2. The van der Waals surface area contributed by atoms with E-state index in [0.29, 0.717) is 5.57 Å². The first kappa shape index (κ1) is 22.5. The Morgan fingerprint density at radius 1 is 1.42 bits per heavy atom. The van der Waals surface area contributed by atoms with Gasteiger partial charge in [0.05, 0.1) is 0 Å². The van der Waals surface area contributed by atoms with Crippen molar-refractivity contribution in [2.75, 3.05) is 18.1 Å². The second-order valence-electron chi connectivity index (χ2n) is 6.88. The smallest absolute Gasteiger partial charge is 0.352 e. The molecule has 14 heteroatoms. The number of nitrogens with one attached hydrogen (secondary N) is 1. The second kappa shape index (κ2) is 9.07. The van der Waals surface area contributed by atoms with Gasteiger partial charge in [-0.3, -0.25) is 14.5 Å². The van der Waals surface area contributed by atoms with E-state index in [9.17, 15) is 29.1 Å². The third kappa shape index (κ3) is 4.34. The number of aliphatic carboxylic acids is 1. The van der Waals surface area contributed by atoms with Gasteiger partial charge in [0, 0.05) is 22.8 Å². The number of hydrogen-bond donors (Lipinski definition) is 4. The molecule has 3 heterocycles. The first-order chi connectivity index (χ1) is 15.8. The maximum absolute atomic E-state index is 13.3. The van der Waals surface area contributed by atoms with E-state index in [4.69, 9.17) is 10.5 Å². The van der Waals surface area contributed by atoms with Crippen molar-refractivity contribution in [3.05, 3.63) is 52.4 Å². The van der Waals surface area contributed by atoms with Crippen LogP contribution in [0.15, 0.2) is 46.1 Å². The summed E-state index contributed by atoms with van der Waals surface area (Å²) in [7, 11) is 0. The monoisotopic (exact) mass is 493 g/mol. The number of halogens is 1. The van der Waals surface area contributed by atoms with Gasteiger partial charge in [0.2, 0.25) is 0 Å². The van der Waals surface area contributed by atoms with E-state index in [1.807, 2.05) is 0 Å². The second-order valence-corrected chi connectivity index (χ2v) is 8.88. The van der Waals surface area contributed by atoms with E-state index < -0.39 is 40.7 Å². The lowest BCUT2D eigenvalue weighted by Crippen LogP contribution is -2.71. The zero-order valence-corrected chi connectivity index (χ0v) is 18.2. The summed E-state index contributed by atoms with van der Waals surface area (Å²) in [5, 5.41) is 25.2. The summed E-state index contributed by atoms with van der Waals surface area (Å²) in [5.41, 5.74) is 5.24. The molecule has 5 N–H and O–H groups in total. The predicted octanol–water partition coefficient (Wildman–Crippen LogP) is 0.860. The van der Waals surface area contributed by atoms with Crippen molar-refractivity contribution in [2.45, 2.75) is 11.4 Å². The van der Waals surface area contributed by atoms with Crippen molar-refractivity contribution >= 4 is 51.7 Å². The number of amides is 2. The van der Waals surface area contributed by atoms with Crippen LogP contribution in [0.4, 0.5) is 9.52 Å². The first-order valence-corrected chi connectivity index (χ1v) is 11.3. The van der Waals surface area contributed by atoms with Gasteiger partial charge in [-0.05, 0) is 12.1 Å². The number of ether oxygens (including phenoxy) is 1. The van der Waals surface area contributed by atoms with E-state index in [-0.39, 0.29) is 34.6 Å². The Kier molecular flexibility index (Phi) is 6.20. The molecule has 1 aromatic carbocycles. The number of aromatic nitrogens is 1. The number of benzene rings is 1. The molecule has 4 rings (SSSR count). The lowest BCUT2D eigenvalue weighted by molar-refractivity contribution is -0.150. The molecule has 0 bridgehead atoms. The van der Waals surface area contributed by atoms with Gasteiger partial charge in [0.25, 0.3) is 11.8 Å². The van der Waals surface area contributed by atoms with Crippen LogP contribution in [0.1, 0.15) is 5.69 Å². The van der Waals surface area contributed by atoms with Crippen LogP contribution >= 0.6 is 23.1 Å². The van der Waals surface area contributed by atoms with Gasteiger partial charge < -0.3 is 26.1 Å². The molecule has 11 nitrogen and oxygen atoms in total. The molecule has 1 saturated heterocycles. The zero-order chi connectivity index (χ0) is 23.7. The highest BCUT2D eigenvalue weighted by Gasteiger charge is 2.54. The van der Waals surface area contributed by atoms with E-state index in [2.05, 4.69) is 15.5 Å². The maximum Gasteiger partial charge on any atom is 0.352 e. The Hall–Kier alpha value is -3.65. The highest BCUT2D eigenvalue weighted by molar-refractivity contribution is 8.00. The van der Waals surface area contributed by atoms with Crippen LogP contribution in [-0.4, -0.2) is 67.5 Å². The van der Waals surface area contributed by atoms with Crippen molar-refractivity contribution in [3.8, 4) is 5.75 Å². The number of anilines is 1. The van der Waals surface area contributed by atoms with Gasteiger partial charge in [-0.1, -0.05) is 11.2 Å². The molecule has 1 fully saturated rings. The Balaban J connectivity index is 1.48. The Labute approximate surface area is 193 Å². The lowest BCUT2D eigenvalue weighted by atomic mass is 10.0. The quantitative estimate of drug-likeness (QED) is 0.189. The minimum atomic E-state index is -1.33. The third-order valence-corrected chi connectivity index (χ3v) is 6.84. The van der Waals surface area contributed by atoms with Gasteiger partial charge in [-0.25, -0.2) is 14.2 Å². The number of fused-ring (bicyclic) bond motifs is 1. The lowest BCUT2D eigenvalue weighted by Gasteiger charge is -2.49. The summed E-state index contributed by atoms with van der Waals surface area (Å²) in [6, 6.07) is 4.36. The van der Waals surface area contributed by atoms with Gasteiger partial charge >= 0.3 is 5.97 Å². The number of nitrogen functional groups attached to an aromatic ring is 1. The first-order valence-electron chi connectivity index (χ1n) is 9.32. The normalized spacial score (nSPS) is 20.2. The standard InChI is InChI=1S/C19H16FN5O6S2/c20-9-2-1-3-10(4-9)31-5-8-6-32-17-13(16(27)25(17)14(8)18(28)29)23-15(26)12(24-30)11-7-33-19(21)22-11/h1-4,7,13,17,30H,5-6H2,(H2,21,22)(H,23,26)(H,28,29)/b24-12-/t13-,17-/m1/s1. The SMILES string of the molecule is Nc1nc(/C(=N/O)C(=O)N[C@@H]2C(=O)N3C(C(=O)O)=C(COc4cccc(F)c4)CS[C@H]23)cs1. The molecule has 33 heavy (non-hydrogen) atoms. The number of thioether (sulfide) groups is 1. The van der Waals surface area contributed by atoms with Crippen molar-refractivity contribution < 1.29 is 33.8 Å². The zero-order valence-electron chi connectivity index (χ0n) is 16.6. The summed E-state index contributed by atoms with van der Waals surface area (Å²) < 4.78 is 18.8. The van der Waals surface area contributed by atoms with E-state index in [1.165, 1.54) is 35.3 Å². The Morgan fingerprint density at radius 2 is 2.21 bits per heavy atom. The van der Waals surface area contributed by atoms with Crippen LogP contribution in [0.3, 0.4) is 0 Å². The number of oxime groups is 1. The van der Waals surface area contributed by atoms with Gasteiger partial charge in [0.15, 0.2) is 10.8 Å². The number of β-lactam (4-membered cyclic amide) rings is 1. The van der Waals surface area contributed by atoms with Gasteiger partial charge in [-0.15, -0.1) is 23.1 Å². The molecule has 0 saturated carbocycles.